The lowest BCUT2D eigenvalue weighted by Crippen LogP contribution is -2.33. The van der Waals surface area contributed by atoms with Crippen molar-refractivity contribution in [2.45, 2.75) is 0 Å². The molecule has 0 bridgehead atoms. The van der Waals surface area contributed by atoms with E-state index in [1.807, 2.05) is 0 Å². The van der Waals surface area contributed by atoms with Gasteiger partial charge in [-0.15, -0.1) is 0 Å². The van der Waals surface area contributed by atoms with Crippen LogP contribution < -0.4 is 10.6 Å². The summed E-state index contributed by atoms with van der Waals surface area (Å²) in [5.41, 5.74) is -0.113. The van der Waals surface area contributed by atoms with Crippen LogP contribution in [0.2, 0.25) is 0 Å². The van der Waals surface area contributed by atoms with E-state index in [4.69, 9.17) is 0 Å². The summed E-state index contributed by atoms with van der Waals surface area (Å²) in [5, 5.41) is 15.3. The van der Waals surface area contributed by atoms with Gasteiger partial charge in [-0.3, -0.25) is 19.7 Å². The summed E-state index contributed by atoms with van der Waals surface area (Å²) in [5.74, 6) is -2.00. The molecule has 2 amide bonds. The van der Waals surface area contributed by atoms with Crippen molar-refractivity contribution >= 4 is 23.2 Å². The van der Waals surface area contributed by atoms with Crippen molar-refractivity contribution in [3.05, 3.63) is 70.0 Å². The van der Waals surface area contributed by atoms with E-state index in [2.05, 4.69) is 10.6 Å². The number of anilines is 1. The van der Waals surface area contributed by atoms with Gasteiger partial charge in [0.05, 0.1) is 17.0 Å². The SMILES string of the molecule is O=C(CNC(=O)c1ccccc1F)Nc1cccc([N+](=O)[O-])c1. The number of benzene rings is 2. The molecule has 0 heterocycles. The van der Waals surface area contributed by atoms with Crippen LogP contribution in [0.1, 0.15) is 10.4 Å². The Kier molecular flexibility index (Phi) is 4.98. The molecule has 0 saturated heterocycles. The molecule has 0 aliphatic carbocycles. The van der Waals surface area contributed by atoms with Gasteiger partial charge in [0.1, 0.15) is 5.82 Å². The first-order valence-electron chi connectivity index (χ1n) is 6.54. The maximum atomic E-state index is 13.4. The smallest absolute Gasteiger partial charge is 0.271 e. The third-order valence-electron chi connectivity index (χ3n) is 2.87. The molecule has 2 N–H and O–H groups in total. The van der Waals surface area contributed by atoms with Gasteiger partial charge in [-0.1, -0.05) is 18.2 Å². The highest BCUT2D eigenvalue weighted by molar-refractivity contribution is 5.99. The largest absolute Gasteiger partial charge is 0.343 e. The molecule has 0 aromatic heterocycles. The number of carbonyl (C=O) groups is 2. The number of nitrogens with one attached hydrogen (secondary N) is 2. The molecule has 118 valence electrons. The molecule has 0 unspecified atom stereocenters. The van der Waals surface area contributed by atoms with Gasteiger partial charge >= 0.3 is 0 Å². The van der Waals surface area contributed by atoms with Crippen molar-refractivity contribution in [3.8, 4) is 0 Å². The van der Waals surface area contributed by atoms with E-state index in [9.17, 15) is 24.1 Å². The van der Waals surface area contributed by atoms with E-state index in [1.54, 1.807) is 0 Å². The Morgan fingerprint density at radius 1 is 1.13 bits per heavy atom. The average Bonchev–Trinajstić information content (AvgIpc) is 2.53. The normalized spacial score (nSPS) is 9.96. The number of non-ortho nitro benzene ring substituents is 1. The zero-order valence-corrected chi connectivity index (χ0v) is 11.8. The van der Waals surface area contributed by atoms with Gasteiger partial charge in [0.2, 0.25) is 5.91 Å². The van der Waals surface area contributed by atoms with Gasteiger partial charge in [-0.25, -0.2) is 4.39 Å². The quantitative estimate of drug-likeness (QED) is 0.651. The van der Waals surface area contributed by atoms with Crippen LogP contribution in [0.5, 0.6) is 0 Å². The Balaban J connectivity index is 1.93. The minimum absolute atomic E-state index is 0.168. The number of rotatable bonds is 5. The van der Waals surface area contributed by atoms with Gasteiger partial charge in [-0.2, -0.15) is 0 Å². The highest BCUT2D eigenvalue weighted by atomic mass is 19.1. The zero-order valence-electron chi connectivity index (χ0n) is 11.8. The molecular formula is C15H12FN3O4. The van der Waals surface area contributed by atoms with Crippen molar-refractivity contribution in [1.29, 1.82) is 0 Å². The highest BCUT2D eigenvalue weighted by Crippen LogP contribution is 2.16. The van der Waals surface area contributed by atoms with Crippen molar-refractivity contribution in [2.75, 3.05) is 11.9 Å². The topological polar surface area (TPSA) is 101 Å². The molecule has 7 nitrogen and oxygen atoms in total. The van der Waals surface area contributed by atoms with Gasteiger partial charge in [0.15, 0.2) is 0 Å². The van der Waals surface area contributed by atoms with Crippen molar-refractivity contribution in [2.24, 2.45) is 0 Å². The minimum Gasteiger partial charge on any atom is -0.343 e. The van der Waals surface area contributed by atoms with E-state index < -0.39 is 29.1 Å². The fourth-order valence-electron chi connectivity index (χ4n) is 1.80. The first kappa shape index (κ1) is 16.1. The molecule has 0 saturated carbocycles. The summed E-state index contributed by atoms with van der Waals surface area (Å²) in [6, 6.07) is 10.8. The first-order valence-corrected chi connectivity index (χ1v) is 6.54. The molecule has 23 heavy (non-hydrogen) atoms. The van der Waals surface area contributed by atoms with Crippen LogP contribution in [0.4, 0.5) is 15.8 Å². The fourth-order valence-corrected chi connectivity index (χ4v) is 1.80. The molecule has 0 aliphatic rings. The van der Waals surface area contributed by atoms with Gasteiger partial charge in [0, 0.05) is 17.8 Å². The molecule has 2 aromatic rings. The zero-order chi connectivity index (χ0) is 16.8. The number of nitro benzene ring substituents is 1. The van der Waals surface area contributed by atoms with Crippen molar-refractivity contribution in [3.63, 3.8) is 0 Å². The average molecular weight is 317 g/mol. The highest BCUT2D eigenvalue weighted by Gasteiger charge is 2.13. The molecule has 0 fully saturated rings. The lowest BCUT2D eigenvalue weighted by Gasteiger charge is -2.07. The molecule has 2 rings (SSSR count). The van der Waals surface area contributed by atoms with Crippen LogP contribution in [-0.2, 0) is 4.79 Å². The van der Waals surface area contributed by atoms with Crippen molar-refractivity contribution < 1.29 is 18.9 Å². The summed E-state index contributed by atoms with van der Waals surface area (Å²) in [6.45, 7) is -0.393. The third kappa shape index (κ3) is 4.34. The monoisotopic (exact) mass is 317 g/mol. The van der Waals surface area contributed by atoms with Crippen LogP contribution in [0.25, 0.3) is 0 Å². The van der Waals surface area contributed by atoms with Gasteiger partial charge < -0.3 is 10.6 Å². The predicted octanol–water partition coefficient (Wildman–Crippen LogP) is 2.10. The number of nitrogens with zero attached hydrogens (tertiary/aromatic N) is 1. The van der Waals surface area contributed by atoms with E-state index >= 15 is 0 Å². The molecular weight excluding hydrogens is 305 g/mol. The predicted molar refractivity (Wildman–Crippen MR) is 80.5 cm³/mol. The molecule has 0 radical (unpaired) electrons. The number of halogens is 1. The van der Waals surface area contributed by atoms with Crippen LogP contribution in [0.15, 0.2) is 48.5 Å². The summed E-state index contributed by atoms with van der Waals surface area (Å²) in [4.78, 5) is 33.5. The van der Waals surface area contributed by atoms with Crippen LogP contribution in [-0.4, -0.2) is 23.3 Å². The van der Waals surface area contributed by atoms with Crippen LogP contribution in [0.3, 0.4) is 0 Å². The Labute approximate surface area is 130 Å². The number of nitro groups is 1. The Morgan fingerprint density at radius 2 is 1.87 bits per heavy atom. The standard InChI is InChI=1S/C15H12FN3O4/c16-13-7-2-1-6-12(13)15(21)17-9-14(20)18-10-4-3-5-11(8-10)19(22)23/h1-8H,9H2,(H,17,21)(H,18,20). The summed E-state index contributed by atoms with van der Waals surface area (Å²) in [6.07, 6.45) is 0. The summed E-state index contributed by atoms with van der Waals surface area (Å²) in [7, 11) is 0. The molecule has 0 spiro atoms. The molecule has 0 aliphatic heterocycles. The number of hydrogen-bond acceptors (Lipinski definition) is 4. The Bertz CT molecular complexity index is 764. The molecule has 2 aromatic carbocycles. The molecule has 8 heteroatoms. The van der Waals surface area contributed by atoms with Gasteiger partial charge in [-0.05, 0) is 18.2 Å². The van der Waals surface area contributed by atoms with Crippen molar-refractivity contribution in [1.82, 2.24) is 5.32 Å². The second-order valence-corrected chi connectivity index (χ2v) is 4.52. The van der Waals surface area contributed by atoms with E-state index in [1.165, 1.54) is 42.5 Å². The second-order valence-electron chi connectivity index (χ2n) is 4.52. The second kappa shape index (κ2) is 7.12. The summed E-state index contributed by atoms with van der Waals surface area (Å²) < 4.78 is 13.4. The number of hydrogen-bond donors (Lipinski definition) is 2. The van der Waals surface area contributed by atoms with Crippen LogP contribution in [0, 0.1) is 15.9 Å². The van der Waals surface area contributed by atoms with E-state index in [0.717, 1.165) is 6.07 Å². The maximum Gasteiger partial charge on any atom is 0.271 e. The maximum absolute atomic E-state index is 13.4. The van der Waals surface area contributed by atoms with Crippen LogP contribution >= 0.6 is 0 Å². The fraction of sp³-hybridized carbons (Fsp3) is 0.0667. The Hall–Kier alpha value is -3.29. The van der Waals surface area contributed by atoms with E-state index in [-0.39, 0.29) is 16.9 Å². The lowest BCUT2D eigenvalue weighted by atomic mass is 10.2. The Morgan fingerprint density at radius 3 is 2.57 bits per heavy atom. The minimum atomic E-state index is -0.725. The van der Waals surface area contributed by atoms with E-state index in [0.29, 0.717) is 0 Å². The third-order valence-corrected chi connectivity index (χ3v) is 2.87. The summed E-state index contributed by atoms with van der Waals surface area (Å²) >= 11 is 0. The number of amides is 2. The van der Waals surface area contributed by atoms with Gasteiger partial charge in [0.25, 0.3) is 11.6 Å². The molecule has 0 atom stereocenters. The lowest BCUT2D eigenvalue weighted by molar-refractivity contribution is -0.384. The number of carbonyl (C=O) groups excluding carboxylic acids is 2. The first-order chi connectivity index (χ1) is 11.0.